The van der Waals surface area contributed by atoms with Crippen LogP contribution >= 0.6 is 58.3 Å². The van der Waals surface area contributed by atoms with Crippen molar-refractivity contribution in [2.45, 2.75) is 30.1 Å². The second kappa shape index (κ2) is 12.0. The zero-order chi connectivity index (χ0) is 23.1. The summed E-state index contributed by atoms with van der Waals surface area (Å²) < 4.78 is 1.97. The van der Waals surface area contributed by atoms with Gasteiger partial charge in [0, 0.05) is 23.0 Å². The molecule has 0 aliphatic carbocycles. The van der Waals surface area contributed by atoms with Crippen LogP contribution in [0.15, 0.2) is 54.2 Å². The molecule has 0 spiro atoms. The third-order valence-corrected chi connectivity index (χ3v) is 7.34. The van der Waals surface area contributed by atoms with Gasteiger partial charge in [0.15, 0.2) is 5.16 Å². The molecule has 1 heterocycles. The van der Waals surface area contributed by atoms with Crippen molar-refractivity contribution in [3.8, 4) is 0 Å². The number of anilines is 1. The van der Waals surface area contributed by atoms with Crippen molar-refractivity contribution in [1.82, 2.24) is 14.8 Å². The number of halogens is 3. The number of hydrogen-bond acceptors (Lipinski definition) is 5. The van der Waals surface area contributed by atoms with Gasteiger partial charge in [-0.05, 0) is 42.3 Å². The molecule has 3 aromatic rings. The van der Waals surface area contributed by atoms with Crippen molar-refractivity contribution in [1.29, 1.82) is 0 Å². The monoisotopic (exact) mass is 526 g/mol. The molecule has 5 nitrogen and oxygen atoms in total. The van der Waals surface area contributed by atoms with E-state index in [4.69, 9.17) is 34.8 Å². The van der Waals surface area contributed by atoms with Crippen LogP contribution in [0.2, 0.25) is 15.1 Å². The van der Waals surface area contributed by atoms with Crippen LogP contribution in [0.1, 0.15) is 17.0 Å². The molecule has 10 heteroatoms. The van der Waals surface area contributed by atoms with Crippen LogP contribution in [0.3, 0.4) is 0 Å². The Labute approximate surface area is 210 Å². The average molecular weight is 528 g/mol. The smallest absolute Gasteiger partial charge is 0.234 e. The number of allylic oxidation sites excluding steroid dienone is 1. The zero-order valence-corrected chi connectivity index (χ0v) is 21.2. The third kappa shape index (κ3) is 6.93. The molecular weight excluding hydrogens is 507 g/mol. The van der Waals surface area contributed by atoms with E-state index in [-0.39, 0.29) is 11.7 Å². The maximum absolute atomic E-state index is 12.4. The second-order valence-electron chi connectivity index (χ2n) is 6.84. The summed E-state index contributed by atoms with van der Waals surface area (Å²) >= 11 is 21.1. The molecule has 0 bridgehead atoms. The summed E-state index contributed by atoms with van der Waals surface area (Å²) in [5.74, 6) is 2.32. The fourth-order valence-electron chi connectivity index (χ4n) is 2.78. The van der Waals surface area contributed by atoms with Gasteiger partial charge in [0.25, 0.3) is 0 Å². The zero-order valence-electron chi connectivity index (χ0n) is 17.3. The number of aryl methyl sites for hydroxylation is 1. The Morgan fingerprint density at radius 2 is 1.94 bits per heavy atom. The lowest BCUT2D eigenvalue weighted by molar-refractivity contribution is -0.113. The number of amides is 1. The maximum atomic E-state index is 12.4. The van der Waals surface area contributed by atoms with E-state index in [1.807, 2.05) is 29.7 Å². The van der Waals surface area contributed by atoms with Gasteiger partial charge in [-0.3, -0.25) is 4.79 Å². The van der Waals surface area contributed by atoms with E-state index >= 15 is 0 Å². The summed E-state index contributed by atoms with van der Waals surface area (Å²) in [4.78, 5) is 12.4. The Morgan fingerprint density at radius 1 is 1.12 bits per heavy atom. The summed E-state index contributed by atoms with van der Waals surface area (Å²) in [5, 5.41) is 13.8. The van der Waals surface area contributed by atoms with Gasteiger partial charge in [-0.15, -0.1) is 28.5 Å². The lowest BCUT2D eigenvalue weighted by atomic mass is 10.2. The molecule has 1 N–H and O–H groups in total. The molecule has 0 unspecified atom stereocenters. The van der Waals surface area contributed by atoms with Gasteiger partial charge >= 0.3 is 0 Å². The van der Waals surface area contributed by atoms with Crippen molar-refractivity contribution in [3.63, 3.8) is 0 Å². The van der Waals surface area contributed by atoms with Crippen molar-refractivity contribution < 1.29 is 4.79 Å². The number of aromatic nitrogens is 3. The van der Waals surface area contributed by atoms with E-state index < -0.39 is 0 Å². The highest BCUT2D eigenvalue weighted by Crippen LogP contribution is 2.27. The minimum Gasteiger partial charge on any atom is -0.325 e. The molecule has 168 valence electrons. The first kappa shape index (κ1) is 25.0. The Bertz CT molecular complexity index is 1120. The number of benzene rings is 2. The predicted molar refractivity (Wildman–Crippen MR) is 137 cm³/mol. The second-order valence-corrected chi connectivity index (χ2v) is 10.0. The number of carbonyl (C=O) groups excluding carboxylic acids is 1. The number of nitrogens with zero attached hydrogens (tertiary/aromatic N) is 3. The Morgan fingerprint density at radius 3 is 2.69 bits per heavy atom. The van der Waals surface area contributed by atoms with E-state index in [1.54, 1.807) is 36.0 Å². The first-order chi connectivity index (χ1) is 15.4. The fraction of sp³-hybridized carbons (Fsp3) is 0.227. The van der Waals surface area contributed by atoms with E-state index in [2.05, 4.69) is 22.1 Å². The van der Waals surface area contributed by atoms with E-state index in [1.165, 1.54) is 11.8 Å². The summed E-state index contributed by atoms with van der Waals surface area (Å²) in [6.45, 7) is 6.30. The molecule has 32 heavy (non-hydrogen) atoms. The van der Waals surface area contributed by atoms with Crippen molar-refractivity contribution in [2.75, 3.05) is 11.1 Å². The number of carbonyl (C=O) groups is 1. The van der Waals surface area contributed by atoms with Crippen LogP contribution in [0.25, 0.3) is 0 Å². The first-order valence-corrected chi connectivity index (χ1v) is 12.9. The summed E-state index contributed by atoms with van der Waals surface area (Å²) in [6.07, 6.45) is 1.79. The lowest BCUT2D eigenvalue weighted by Crippen LogP contribution is -2.15. The minimum absolute atomic E-state index is 0.135. The van der Waals surface area contributed by atoms with E-state index in [0.29, 0.717) is 38.2 Å². The molecule has 0 atom stereocenters. The predicted octanol–water partition coefficient (Wildman–Crippen LogP) is 6.90. The van der Waals surface area contributed by atoms with Gasteiger partial charge in [0.2, 0.25) is 5.91 Å². The molecule has 0 radical (unpaired) electrons. The molecule has 0 saturated heterocycles. The molecular formula is C22H21Cl3N4OS2. The van der Waals surface area contributed by atoms with Gasteiger partial charge in [0.05, 0.1) is 21.6 Å². The van der Waals surface area contributed by atoms with Gasteiger partial charge in [-0.1, -0.05) is 64.8 Å². The SMILES string of the molecule is C=CCn1c(CSCc2ccc(Cl)c(Cl)c2)nnc1SCC(=O)Nc1cc(Cl)ccc1C. The fourth-order valence-corrected chi connectivity index (χ4v) is 4.95. The highest BCUT2D eigenvalue weighted by molar-refractivity contribution is 7.99. The van der Waals surface area contributed by atoms with Crippen LogP contribution in [-0.4, -0.2) is 26.4 Å². The molecule has 0 aliphatic heterocycles. The van der Waals surface area contributed by atoms with Gasteiger partial charge < -0.3 is 9.88 Å². The van der Waals surface area contributed by atoms with Crippen molar-refractivity contribution >= 4 is 69.9 Å². The molecule has 0 aliphatic rings. The standard InChI is InChI=1S/C22H21Cl3N4OS2/c1-3-8-29-20(12-31-11-15-5-7-17(24)18(25)9-15)27-28-22(29)32-13-21(30)26-19-10-16(23)6-4-14(19)2/h3-7,9-10H,1,8,11-13H2,2H3,(H,26,30). The van der Waals surface area contributed by atoms with Crippen molar-refractivity contribution in [3.05, 3.63) is 81.1 Å². The number of thioether (sulfide) groups is 2. The summed E-state index contributed by atoms with van der Waals surface area (Å²) in [6, 6.07) is 11.0. The molecule has 0 saturated carbocycles. The number of nitrogens with one attached hydrogen (secondary N) is 1. The van der Waals surface area contributed by atoms with E-state index in [0.717, 1.165) is 22.7 Å². The maximum Gasteiger partial charge on any atom is 0.234 e. The summed E-state index contributed by atoms with van der Waals surface area (Å²) in [5.41, 5.74) is 2.74. The number of hydrogen-bond donors (Lipinski definition) is 1. The first-order valence-electron chi connectivity index (χ1n) is 9.61. The molecule has 1 amide bonds. The molecule has 0 fully saturated rings. The minimum atomic E-state index is -0.135. The van der Waals surface area contributed by atoms with E-state index in [9.17, 15) is 4.79 Å². The van der Waals surface area contributed by atoms with Crippen LogP contribution in [0.4, 0.5) is 5.69 Å². The van der Waals surface area contributed by atoms with Gasteiger partial charge in [-0.25, -0.2) is 0 Å². The highest BCUT2D eigenvalue weighted by Gasteiger charge is 2.14. The van der Waals surface area contributed by atoms with Crippen LogP contribution in [0, 0.1) is 6.92 Å². The van der Waals surface area contributed by atoms with Gasteiger partial charge in [0.1, 0.15) is 5.82 Å². The van der Waals surface area contributed by atoms with Crippen LogP contribution < -0.4 is 5.32 Å². The number of rotatable bonds is 10. The van der Waals surface area contributed by atoms with Crippen LogP contribution in [-0.2, 0) is 22.8 Å². The Balaban J connectivity index is 1.58. The topological polar surface area (TPSA) is 59.8 Å². The normalized spacial score (nSPS) is 10.9. The molecule has 2 aromatic carbocycles. The largest absolute Gasteiger partial charge is 0.325 e. The molecule has 3 rings (SSSR count). The quantitative estimate of drug-likeness (QED) is 0.230. The Kier molecular flexibility index (Phi) is 9.37. The lowest BCUT2D eigenvalue weighted by Gasteiger charge is -2.10. The van der Waals surface area contributed by atoms with Gasteiger partial charge in [-0.2, -0.15) is 0 Å². The summed E-state index contributed by atoms with van der Waals surface area (Å²) in [7, 11) is 0. The van der Waals surface area contributed by atoms with Crippen molar-refractivity contribution in [2.24, 2.45) is 0 Å². The Hall–Kier alpha value is -1.64. The third-order valence-electron chi connectivity index (χ3n) is 4.40. The molecule has 1 aromatic heterocycles. The highest BCUT2D eigenvalue weighted by atomic mass is 35.5. The average Bonchev–Trinajstić information content (AvgIpc) is 3.14. The van der Waals surface area contributed by atoms with Crippen LogP contribution in [0.5, 0.6) is 0 Å².